The predicted molar refractivity (Wildman–Crippen MR) is 78.8 cm³/mol. The third-order valence-electron chi connectivity index (χ3n) is 4.10. The molecule has 3 nitrogen and oxygen atoms in total. The molecular formula is C15H22FNO2S. The molecule has 0 N–H and O–H groups in total. The van der Waals surface area contributed by atoms with Crippen LogP contribution in [0.25, 0.3) is 0 Å². The van der Waals surface area contributed by atoms with E-state index in [0.717, 1.165) is 31.2 Å². The average molecular weight is 299 g/mol. The van der Waals surface area contributed by atoms with Crippen LogP contribution in [0.5, 0.6) is 0 Å². The molecule has 2 rings (SSSR count). The van der Waals surface area contributed by atoms with Crippen LogP contribution in [0.15, 0.2) is 24.3 Å². The highest BCUT2D eigenvalue weighted by Gasteiger charge is 2.34. The Bertz CT molecular complexity index is 559. The molecule has 1 aromatic rings. The highest BCUT2D eigenvalue weighted by Crippen LogP contribution is 2.28. The van der Waals surface area contributed by atoms with E-state index in [1.54, 1.807) is 6.07 Å². The van der Waals surface area contributed by atoms with Gasteiger partial charge in [-0.25, -0.2) is 12.8 Å². The van der Waals surface area contributed by atoms with Gasteiger partial charge in [0.2, 0.25) is 0 Å². The van der Waals surface area contributed by atoms with Gasteiger partial charge in [0.1, 0.15) is 5.82 Å². The van der Waals surface area contributed by atoms with Gasteiger partial charge in [0.25, 0.3) is 0 Å². The monoisotopic (exact) mass is 299 g/mol. The molecule has 20 heavy (non-hydrogen) atoms. The lowest BCUT2D eigenvalue weighted by molar-refractivity contribution is 0.187. The van der Waals surface area contributed by atoms with Gasteiger partial charge in [0.15, 0.2) is 9.84 Å². The standard InChI is InChI=1S/C15H22FNO2S/c1-17(11-12-6-5-7-13(16)10-12)14-8-3-4-9-15(14)20(2,18)19/h5-7,10,14-15H,3-4,8-9,11H2,1-2H3/t14-,15-/m0/s1. The molecule has 1 fully saturated rings. The number of hydrogen-bond donors (Lipinski definition) is 0. The van der Waals surface area contributed by atoms with Crippen LogP contribution in [-0.2, 0) is 16.4 Å². The molecule has 1 aliphatic rings. The molecule has 0 aromatic heterocycles. The summed E-state index contributed by atoms with van der Waals surface area (Å²) in [5.74, 6) is -0.251. The topological polar surface area (TPSA) is 37.4 Å². The first kappa shape index (κ1) is 15.4. The molecule has 1 saturated carbocycles. The van der Waals surface area contributed by atoms with Crippen molar-refractivity contribution in [1.82, 2.24) is 4.90 Å². The first-order valence-electron chi connectivity index (χ1n) is 7.01. The van der Waals surface area contributed by atoms with E-state index in [1.807, 2.05) is 13.1 Å². The minimum Gasteiger partial charge on any atom is -0.298 e. The van der Waals surface area contributed by atoms with Crippen LogP contribution in [0.4, 0.5) is 4.39 Å². The first-order valence-corrected chi connectivity index (χ1v) is 8.97. The zero-order valence-corrected chi connectivity index (χ0v) is 12.9. The lowest BCUT2D eigenvalue weighted by Crippen LogP contribution is -2.46. The molecule has 0 spiro atoms. The minimum absolute atomic E-state index is 0.0296. The number of benzene rings is 1. The summed E-state index contributed by atoms with van der Waals surface area (Å²) in [7, 11) is -1.11. The van der Waals surface area contributed by atoms with Crippen molar-refractivity contribution in [2.45, 2.75) is 43.5 Å². The smallest absolute Gasteiger partial charge is 0.151 e. The maximum atomic E-state index is 13.2. The van der Waals surface area contributed by atoms with E-state index < -0.39 is 9.84 Å². The van der Waals surface area contributed by atoms with Crippen molar-refractivity contribution in [3.63, 3.8) is 0 Å². The molecule has 0 unspecified atom stereocenters. The normalized spacial score (nSPS) is 24.0. The fraction of sp³-hybridized carbons (Fsp3) is 0.600. The summed E-state index contributed by atoms with van der Waals surface area (Å²) < 4.78 is 37.1. The molecule has 0 heterocycles. The van der Waals surface area contributed by atoms with E-state index in [9.17, 15) is 12.8 Å². The molecule has 0 bridgehead atoms. The Morgan fingerprint density at radius 1 is 1.30 bits per heavy atom. The molecule has 5 heteroatoms. The van der Waals surface area contributed by atoms with E-state index in [1.165, 1.54) is 18.4 Å². The van der Waals surface area contributed by atoms with Gasteiger partial charge in [-0.2, -0.15) is 0 Å². The summed E-state index contributed by atoms with van der Waals surface area (Å²) >= 11 is 0. The largest absolute Gasteiger partial charge is 0.298 e. The van der Waals surface area contributed by atoms with Crippen molar-refractivity contribution in [3.8, 4) is 0 Å². The highest BCUT2D eigenvalue weighted by molar-refractivity contribution is 7.91. The van der Waals surface area contributed by atoms with Crippen LogP contribution < -0.4 is 0 Å². The lowest BCUT2D eigenvalue weighted by Gasteiger charge is -2.37. The lowest BCUT2D eigenvalue weighted by atomic mass is 9.93. The van der Waals surface area contributed by atoms with Crippen molar-refractivity contribution < 1.29 is 12.8 Å². The number of sulfone groups is 1. The molecule has 0 amide bonds. The molecular weight excluding hydrogens is 277 g/mol. The van der Waals surface area contributed by atoms with Crippen molar-refractivity contribution in [3.05, 3.63) is 35.6 Å². The number of hydrogen-bond acceptors (Lipinski definition) is 3. The zero-order valence-electron chi connectivity index (χ0n) is 12.0. The Morgan fingerprint density at radius 2 is 2.00 bits per heavy atom. The zero-order chi connectivity index (χ0) is 14.8. The van der Waals surface area contributed by atoms with Gasteiger partial charge in [-0.15, -0.1) is 0 Å². The van der Waals surface area contributed by atoms with Gasteiger partial charge < -0.3 is 0 Å². The molecule has 2 atom stereocenters. The van der Waals surface area contributed by atoms with E-state index in [2.05, 4.69) is 4.90 Å². The Kier molecular flexibility index (Phi) is 4.81. The summed E-state index contributed by atoms with van der Waals surface area (Å²) in [6.07, 6.45) is 4.98. The van der Waals surface area contributed by atoms with Gasteiger partial charge in [0, 0.05) is 18.8 Å². The maximum absolute atomic E-state index is 13.2. The Labute approximate surface area is 120 Å². The third kappa shape index (κ3) is 3.79. The summed E-state index contributed by atoms with van der Waals surface area (Å²) in [5, 5.41) is -0.296. The average Bonchev–Trinajstić information content (AvgIpc) is 2.37. The van der Waals surface area contributed by atoms with E-state index in [-0.39, 0.29) is 17.1 Å². The Balaban J connectivity index is 2.12. The van der Waals surface area contributed by atoms with Crippen LogP contribution in [0.3, 0.4) is 0 Å². The van der Waals surface area contributed by atoms with Gasteiger partial charge in [0.05, 0.1) is 5.25 Å². The summed E-state index contributed by atoms with van der Waals surface area (Å²) in [4.78, 5) is 2.06. The van der Waals surface area contributed by atoms with Gasteiger partial charge in [-0.1, -0.05) is 25.0 Å². The molecule has 0 aliphatic heterocycles. The quantitative estimate of drug-likeness (QED) is 0.857. The van der Waals surface area contributed by atoms with Gasteiger partial charge in [-0.3, -0.25) is 4.90 Å². The summed E-state index contributed by atoms with van der Waals surface area (Å²) in [5.41, 5.74) is 0.880. The fourth-order valence-electron chi connectivity index (χ4n) is 3.12. The number of rotatable bonds is 4. The summed E-state index contributed by atoms with van der Waals surface area (Å²) in [6, 6.07) is 6.52. The molecule has 0 radical (unpaired) electrons. The van der Waals surface area contributed by atoms with E-state index in [4.69, 9.17) is 0 Å². The number of nitrogens with zero attached hydrogens (tertiary/aromatic N) is 1. The second-order valence-electron chi connectivity index (χ2n) is 5.76. The van der Waals surface area contributed by atoms with Crippen molar-refractivity contribution >= 4 is 9.84 Å². The Morgan fingerprint density at radius 3 is 2.65 bits per heavy atom. The summed E-state index contributed by atoms with van der Waals surface area (Å²) in [6.45, 7) is 0.578. The van der Waals surface area contributed by atoms with Crippen LogP contribution >= 0.6 is 0 Å². The van der Waals surface area contributed by atoms with Crippen LogP contribution in [-0.4, -0.2) is 37.9 Å². The van der Waals surface area contributed by atoms with Crippen molar-refractivity contribution in [1.29, 1.82) is 0 Å². The predicted octanol–water partition coefficient (Wildman–Crippen LogP) is 2.61. The second-order valence-corrected chi connectivity index (χ2v) is 8.03. The van der Waals surface area contributed by atoms with Crippen LogP contribution in [0.2, 0.25) is 0 Å². The molecule has 1 aromatic carbocycles. The van der Waals surface area contributed by atoms with Gasteiger partial charge in [-0.05, 0) is 37.6 Å². The SMILES string of the molecule is CN(Cc1cccc(F)c1)[C@H]1CCCC[C@@H]1S(C)(=O)=O. The fourth-order valence-corrected chi connectivity index (χ4v) is 4.63. The van der Waals surface area contributed by atoms with Crippen LogP contribution in [0, 0.1) is 5.82 Å². The molecule has 0 saturated heterocycles. The van der Waals surface area contributed by atoms with Crippen LogP contribution in [0.1, 0.15) is 31.2 Å². The molecule has 1 aliphatic carbocycles. The molecule has 112 valence electrons. The minimum atomic E-state index is -3.04. The van der Waals surface area contributed by atoms with E-state index in [0.29, 0.717) is 6.54 Å². The second kappa shape index (κ2) is 6.22. The van der Waals surface area contributed by atoms with E-state index >= 15 is 0 Å². The third-order valence-corrected chi connectivity index (χ3v) is 5.75. The highest BCUT2D eigenvalue weighted by atomic mass is 32.2. The van der Waals surface area contributed by atoms with Crippen molar-refractivity contribution in [2.24, 2.45) is 0 Å². The maximum Gasteiger partial charge on any atom is 0.151 e. The first-order chi connectivity index (χ1) is 9.38. The Hall–Kier alpha value is -0.940. The number of halogens is 1. The van der Waals surface area contributed by atoms with Crippen molar-refractivity contribution in [2.75, 3.05) is 13.3 Å². The van der Waals surface area contributed by atoms with Gasteiger partial charge >= 0.3 is 0 Å².